The largest absolute Gasteiger partial charge is 0.462 e. The van der Waals surface area contributed by atoms with E-state index >= 15 is 0 Å². The van der Waals surface area contributed by atoms with Crippen LogP contribution in [0.3, 0.4) is 0 Å². The summed E-state index contributed by atoms with van der Waals surface area (Å²) in [6.45, 7) is 3.74. The fourth-order valence-electron chi connectivity index (χ4n) is 3.64. The van der Waals surface area contributed by atoms with E-state index < -0.39 is 6.10 Å². The van der Waals surface area contributed by atoms with E-state index in [1.807, 2.05) is 6.92 Å². The molecule has 0 saturated heterocycles. The number of esters is 2. The molecule has 212 valence electrons. The summed E-state index contributed by atoms with van der Waals surface area (Å²) in [5.41, 5.74) is 0. The van der Waals surface area contributed by atoms with Crippen LogP contribution >= 0.6 is 0 Å². The minimum Gasteiger partial charge on any atom is -0.462 e. The summed E-state index contributed by atoms with van der Waals surface area (Å²) in [6.07, 6.45) is 34.0. The maximum absolute atomic E-state index is 11.9. The SMILES string of the molecule is CC/C=C\C/C=C\C/C=C\C/C=C\CCCCCCCCCCC(=O)OC(CO)COC(=O)CCCC. The van der Waals surface area contributed by atoms with Gasteiger partial charge >= 0.3 is 11.9 Å². The fourth-order valence-corrected chi connectivity index (χ4v) is 3.64. The Labute approximate surface area is 227 Å². The second-order valence-corrected chi connectivity index (χ2v) is 9.45. The average Bonchev–Trinajstić information content (AvgIpc) is 2.90. The maximum Gasteiger partial charge on any atom is 0.306 e. The number of allylic oxidation sites excluding steroid dienone is 8. The lowest BCUT2D eigenvalue weighted by Gasteiger charge is -2.15. The number of aliphatic hydroxyl groups excluding tert-OH is 1. The lowest BCUT2D eigenvalue weighted by Crippen LogP contribution is -2.28. The molecule has 5 heteroatoms. The predicted molar refractivity (Wildman–Crippen MR) is 154 cm³/mol. The summed E-state index contributed by atoms with van der Waals surface area (Å²) in [7, 11) is 0. The molecular weight excluding hydrogens is 464 g/mol. The molecule has 0 aliphatic heterocycles. The van der Waals surface area contributed by atoms with E-state index in [4.69, 9.17) is 9.47 Å². The molecule has 0 aliphatic carbocycles. The van der Waals surface area contributed by atoms with Gasteiger partial charge in [0.2, 0.25) is 0 Å². The molecule has 0 radical (unpaired) electrons. The molecule has 1 atom stereocenters. The van der Waals surface area contributed by atoms with Gasteiger partial charge in [0.05, 0.1) is 6.61 Å². The van der Waals surface area contributed by atoms with Crippen LogP contribution in [0.5, 0.6) is 0 Å². The van der Waals surface area contributed by atoms with E-state index in [9.17, 15) is 14.7 Å². The van der Waals surface area contributed by atoms with Crippen LogP contribution in [0.25, 0.3) is 0 Å². The van der Waals surface area contributed by atoms with Crippen LogP contribution in [0, 0.1) is 0 Å². The Morgan fingerprint density at radius 3 is 1.73 bits per heavy atom. The van der Waals surface area contributed by atoms with Gasteiger partial charge in [-0.3, -0.25) is 9.59 Å². The van der Waals surface area contributed by atoms with Crippen molar-refractivity contribution in [1.29, 1.82) is 0 Å². The quantitative estimate of drug-likeness (QED) is 0.0747. The first-order chi connectivity index (χ1) is 18.1. The highest BCUT2D eigenvalue weighted by molar-refractivity contribution is 5.70. The number of unbranched alkanes of at least 4 members (excludes halogenated alkanes) is 9. The Hall–Kier alpha value is -2.14. The van der Waals surface area contributed by atoms with Gasteiger partial charge < -0.3 is 14.6 Å². The van der Waals surface area contributed by atoms with Crippen LogP contribution in [-0.4, -0.2) is 36.4 Å². The zero-order valence-electron chi connectivity index (χ0n) is 23.7. The minimum atomic E-state index is -0.769. The molecular formula is C32H54O5. The Kier molecular flexibility index (Phi) is 26.8. The van der Waals surface area contributed by atoms with E-state index in [0.29, 0.717) is 12.8 Å². The third-order valence-electron chi connectivity index (χ3n) is 5.89. The lowest BCUT2D eigenvalue weighted by molar-refractivity contribution is -0.161. The zero-order chi connectivity index (χ0) is 27.2. The molecule has 0 aromatic carbocycles. The summed E-state index contributed by atoms with van der Waals surface area (Å²) in [5, 5.41) is 9.33. The molecule has 0 amide bonds. The minimum absolute atomic E-state index is 0.0763. The number of rotatable bonds is 25. The standard InChI is InChI=1S/C32H54O5/c1-3-5-7-8-9-10-11-12-13-14-15-16-17-18-19-20-21-22-23-24-25-27-32(35)37-30(28-33)29-36-31(34)26-6-4-2/h5,7,9-10,12-13,15-16,30,33H,3-4,6,8,11,14,17-29H2,1-2H3/b7-5-,10-9-,13-12-,16-15-. The molecule has 1 unspecified atom stereocenters. The molecule has 0 saturated carbocycles. The van der Waals surface area contributed by atoms with Crippen LogP contribution in [0.2, 0.25) is 0 Å². The monoisotopic (exact) mass is 518 g/mol. The summed E-state index contributed by atoms with van der Waals surface area (Å²) >= 11 is 0. The molecule has 0 heterocycles. The van der Waals surface area contributed by atoms with Crippen molar-refractivity contribution in [3.05, 3.63) is 48.6 Å². The summed E-state index contributed by atoms with van der Waals surface area (Å²) in [5.74, 6) is -0.648. The number of ether oxygens (including phenoxy) is 2. The highest BCUT2D eigenvalue weighted by Gasteiger charge is 2.15. The number of aliphatic hydroxyl groups is 1. The third-order valence-corrected chi connectivity index (χ3v) is 5.89. The van der Waals surface area contributed by atoms with E-state index in [2.05, 4.69) is 55.5 Å². The highest BCUT2D eigenvalue weighted by atomic mass is 16.6. The van der Waals surface area contributed by atoms with Gasteiger partial charge in [-0.05, 0) is 51.4 Å². The van der Waals surface area contributed by atoms with Crippen LogP contribution in [0.4, 0.5) is 0 Å². The van der Waals surface area contributed by atoms with E-state index in [1.54, 1.807) is 0 Å². The topological polar surface area (TPSA) is 72.8 Å². The van der Waals surface area contributed by atoms with Crippen molar-refractivity contribution >= 4 is 11.9 Å². The van der Waals surface area contributed by atoms with Gasteiger partial charge in [-0.25, -0.2) is 0 Å². The van der Waals surface area contributed by atoms with E-state index in [1.165, 1.54) is 32.1 Å². The molecule has 0 aromatic heterocycles. The molecule has 5 nitrogen and oxygen atoms in total. The van der Waals surface area contributed by atoms with Gasteiger partial charge in [0, 0.05) is 12.8 Å². The first-order valence-electron chi connectivity index (χ1n) is 14.7. The van der Waals surface area contributed by atoms with Gasteiger partial charge in [-0.2, -0.15) is 0 Å². The van der Waals surface area contributed by atoms with Crippen LogP contribution in [0.15, 0.2) is 48.6 Å². The van der Waals surface area contributed by atoms with Gasteiger partial charge in [0.25, 0.3) is 0 Å². The molecule has 0 fully saturated rings. The molecule has 0 spiro atoms. The molecule has 1 N–H and O–H groups in total. The van der Waals surface area contributed by atoms with Gasteiger partial charge in [-0.15, -0.1) is 0 Å². The number of hydrogen-bond donors (Lipinski definition) is 1. The van der Waals surface area contributed by atoms with Crippen molar-refractivity contribution in [3.63, 3.8) is 0 Å². The second kappa shape index (κ2) is 28.4. The lowest BCUT2D eigenvalue weighted by atomic mass is 10.1. The average molecular weight is 519 g/mol. The molecule has 0 aliphatic rings. The Bertz CT molecular complexity index is 648. The van der Waals surface area contributed by atoms with E-state index in [0.717, 1.165) is 64.2 Å². The predicted octanol–water partition coefficient (Wildman–Crippen LogP) is 8.33. The number of carbonyl (C=O) groups excluding carboxylic acids is 2. The first kappa shape index (κ1) is 34.9. The zero-order valence-corrected chi connectivity index (χ0v) is 23.7. The summed E-state index contributed by atoms with van der Waals surface area (Å²) < 4.78 is 10.3. The maximum atomic E-state index is 11.9. The highest BCUT2D eigenvalue weighted by Crippen LogP contribution is 2.12. The van der Waals surface area contributed by atoms with Crippen molar-refractivity contribution in [3.8, 4) is 0 Å². The molecule has 0 bridgehead atoms. The fraction of sp³-hybridized carbons (Fsp3) is 0.688. The van der Waals surface area contributed by atoms with Crippen LogP contribution in [0.1, 0.15) is 123 Å². The van der Waals surface area contributed by atoms with Crippen molar-refractivity contribution in [2.75, 3.05) is 13.2 Å². The summed E-state index contributed by atoms with van der Waals surface area (Å²) in [6, 6.07) is 0. The normalized spacial score (nSPS) is 12.8. The smallest absolute Gasteiger partial charge is 0.306 e. The Morgan fingerprint density at radius 1 is 0.649 bits per heavy atom. The Morgan fingerprint density at radius 2 is 1.16 bits per heavy atom. The van der Waals surface area contributed by atoms with Crippen molar-refractivity contribution < 1.29 is 24.2 Å². The third kappa shape index (κ3) is 26.7. The van der Waals surface area contributed by atoms with Crippen LogP contribution in [-0.2, 0) is 19.1 Å². The van der Waals surface area contributed by atoms with Gasteiger partial charge in [-0.1, -0.05) is 107 Å². The number of hydrogen-bond acceptors (Lipinski definition) is 5. The van der Waals surface area contributed by atoms with Crippen LogP contribution < -0.4 is 0 Å². The van der Waals surface area contributed by atoms with E-state index in [-0.39, 0.29) is 25.2 Å². The van der Waals surface area contributed by atoms with Crippen molar-refractivity contribution in [2.24, 2.45) is 0 Å². The molecule has 37 heavy (non-hydrogen) atoms. The Balaban J connectivity index is 3.53. The molecule has 0 rings (SSSR count). The van der Waals surface area contributed by atoms with Crippen molar-refractivity contribution in [2.45, 2.75) is 129 Å². The molecule has 0 aromatic rings. The van der Waals surface area contributed by atoms with Gasteiger partial charge in [0.15, 0.2) is 6.10 Å². The number of carbonyl (C=O) groups is 2. The van der Waals surface area contributed by atoms with Gasteiger partial charge in [0.1, 0.15) is 6.61 Å². The van der Waals surface area contributed by atoms with Crippen molar-refractivity contribution in [1.82, 2.24) is 0 Å². The second-order valence-electron chi connectivity index (χ2n) is 9.45. The summed E-state index contributed by atoms with van der Waals surface area (Å²) in [4.78, 5) is 23.5. The first-order valence-corrected chi connectivity index (χ1v) is 14.7.